The number of nitrogens with one attached hydrogen (secondary N) is 2. The van der Waals surface area contributed by atoms with Crippen LogP contribution in [0.2, 0.25) is 0 Å². The first kappa shape index (κ1) is 15.4. The summed E-state index contributed by atoms with van der Waals surface area (Å²) in [4.78, 5) is 11.8. The van der Waals surface area contributed by atoms with Crippen molar-refractivity contribution >= 4 is 34.2 Å². The first-order valence-corrected chi connectivity index (χ1v) is 6.43. The van der Waals surface area contributed by atoms with Crippen LogP contribution >= 0.6 is 28.3 Å². The highest BCUT2D eigenvalue weighted by atomic mass is 79.9. The topological polar surface area (TPSA) is 41.1 Å². The molecule has 3 nitrogen and oxygen atoms in total. The molecular weight excluding hydrogens is 322 g/mol. The molecule has 2 N–H and O–H groups in total. The van der Waals surface area contributed by atoms with Gasteiger partial charge in [0.2, 0.25) is 0 Å². The molecule has 1 heterocycles. The fourth-order valence-corrected chi connectivity index (χ4v) is 2.45. The van der Waals surface area contributed by atoms with Crippen molar-refractivity contribution in [2.24, 2.45) is 0 Å². The van der Waals surface area contributed by atoms with Crippen LogP contribution in [0.25, 0.3) is 0 Å². The Labute approximate surface area is 120 Å². The number of hydrogen-bond acceptors (Lipinski definition) is 2. The fraction of sp³-hybridized carbons (Fsp3) is 0.417. The summed E-state index contributed by atoms with van der Waals surface area (Å²) in [5.41, 5.74) is 0.462. The third-order valence-electron chi connectivity index (χ3n) is 2.85. The minimum Gasteiger partial charge on any atom is -0.350 e. The Morgan fingerprint density at radius 1 is 1.56 bits per heavy atom. The van der Waals surface area contributed by atoms with Gasteiger partial charge in [0.25, 0.3) is 5.91 Å². The molecule has 1 aliphatic heterocycles. The third-order valence-corrected chi connectivity index (χ3v) is 3.50. The minimum atomic E-state index is -0.356. The number of carbonyl (C=O) groups is 1. The van der Waals surface area contributed by atoms with Gasteiger partial charge < -0.3 is 10.6 Å². The van der Waals surface area contributed by atoms with Crippen LogP contribution in [0, 0.1) is 5.82 Å². The van der Waals surface area contributed by atoms with Gasteiger partial charge >= 0.3 is 0 Å². The van der Waals surface area contributed by atoms with E-state index in [2.05, 4.69) is 26.6 Å². The van der Waals surface area contributed by atoms with E-state index in [1.54, 1.807) is 0 Å². The van der Waals surface area contributed by atoms with E-state index in [9.17, 15) is 9.18 Å². The number of hydrogen-bond donors (Lipinski definition) is 2. The van der Waals surface area contributed by atoms with E-state index in [-0.39, 0.29) is 24.1 Å². The number of halogens is 3. The number of amides is 1. The quantitative estimate of drug-likeness (QED) is 0.890. The Morgan fingerprint density at radius 3 is 2.94 bits per heavy atom. The Morgan fingerprint density at radius 2 is 2.33 bits per heavy atom. The van der Waals surface area contributed by atoms with Crippen LogP contribution in [-0.4, -0.2) is 25.0 Å². The molecule has 1 aliphatic rings. The van der Waals surface area contributed by atoms with Gasteiger partial charge in [0.05, 0.1) is 5.56 Å². The summed E-state index contributed by atoms with van der Waals surface area (Å²) in [6, 6.07) is 4.42. The summed E-state index contributed by atoms with van der Waals surface area (Å²) in [6.45, 7) is 1.63. The second kappa shape index (κ2) is 7.07. The van der Waals surface area contributed by atoms with Crippen LogP contribution in [0.5, 0.6) is 0 Å². The van der Waals surface area contributed by atoms with Crippen molar-refractivity contribution < 1.29 is 9.18 Å². The number of rotatable bonds is 3. The molecule has 100 valence electrons. The normalized spacial score (nSPS) is 18.2. The summed E-state index contributed by atoms with van der Waals surface area (Å²) in [5.74, 6) is -0.531. The van der Waals surface area contributed by atoms with Crippen molar-refractivity contribution in [1.29, 1.82) is 0 Å². The largest absolute Gasteiger partial charge is 0.350 e. The second-order valence-corrected chi connectivity index (χ2v) is 4.98. The van der Waals surface area contributed by atoms with Gasteiger partial charge in [0, 0.05) is 17.1 Å². The summed E-state index contributed by atoms with van der Waals surface area (Å²) in [7, 11) is 0. The molecule has 0 bridgehead atoms. The van der Waals surface area contributed by atoms with Gasteiger partial charge in [-0.05, 0) is 53.5 Å². The van der Waals surface area contributed by atoms with E-state index in [0.717, 1.165) is 19.4 Å². The van der Waals surface area contributed by atoms with Gasteiger partial charge in [0.15, 0.2) is 0 Å². The van der Waals surface area contributed by atoms with E-state index in [1.165, 1.54) is 18.2 Å². The third kappa shape index (κ3) is 3.93. The maximum Gasteiger partial charge on any atom is 0.252 e. The average molecular weight is 338 g/mol. The molecule has 2 rings (SSSR count). The van der Waals surface area contributed by atoms with E-state index in [1.807, 2.05) is 0 Å². The highest BCUT2D eigenvalue weighted by molar-refractivity contribution is 9.10. The number of benzene rings is 1. The molecule has 18 heavy (non-hydrogen) atoms. The lowest BCUT2D eigenvalue weighted by Crippen LogP contribution is -2.37. The zero-order valence-corrected chi connectivity index (χ0v) is 12.1. The van der Waals surface area contributed by atoms with Crippen molar-refractivity contribution in [3.05, 3.63) is 34.1 Å². The highest BCUT2D eigenvalue weighted by Crippen LogP contribution is 2.17. The molecule has 1 aromatic carbocycles. The standard InChI is InChI=1S/C12H14BrFN2O.ClH/c13-11-6-8(14)3-4-10(11)12(17)16-7-9-2-1-5-15-9;/h3-4,6,9,15H,1-2,5,7H2,(H,16,17);1H. The molecule has 1 saturated heterocycles. The molecule has 1 amide bonds. The Balaban J connectivity index is 0.00000162. The molecule has 0 aliphatic carbocycles. The summed E-state index contributed by atoms with van der Waals surface area (Å²) in [5, 5.41) is 6.15. The number of carbonyl (C=O) groups excluding carboxylic acids is 1. The van der Waals surface area contributed by atoms with Crippen LogP contribution in [-0.2, 0) is 0 Å². The van der Waals surface area contributed by atoms with E-state index >= 15 is 0 Å². The maximum atomic E-state index is 12.9. The predicted octanol–water partition coefficient (Wildman–Crippen LogP) is 2.49. The SMILES string of the molecule is Cl.O=C(NCC1CCCN1)c1ccc(F)cc1Br. The summed E-state index contributed by atoms with van der Waals surface area (Å²) in [6.07, 6.45) is 2.24. The molecule has 0 saturated carbocycles. The van der Waals surface area contributed by atoms with Gasteiger partial charge in [-0.1, -0.05) is 0 Å². The van der Waals surface area contributed by atoms with Crippen LogP contribution < -0.4 is 10.6 Å². The molecule has 1 fully saturated rings. The van der Waals surface area contributed by atoms with Gasteiger partial charge in [-0.15, -0.1) is 12.4 Å². The molecule has 0 radical (unpaired) electrons. The smallest absolute Gasteiger partial charge is 0.252 e. The fourth-order valence-electron chi connectivity index (χ4n) is 1.92. The van der Waals surface area contributed by atoms with Gasteiger partial charge in [-0.3, -0.25) is 4.79 Å². The lowest BCUT2D eigenvalue weighted by Gasteiger charge is -2.12. The highest BCUT2D eigenvalue weighted by Gasteiger charge is 2.16. The molecular formula is C12H15BrClFN2O. The first-order valence-electron chi connectivity index (χ1n) is 5.63. The Kier molecular flexibility index (Phi) is 6.05. The van der Waals surface area contributed by atoms with Crippen molar-refractivity contribution in [2.45, 2.75) is 18.9 Å². The Hall–Kier alpha value is -0.650. The molecule has 6 heteroatoms. The van der Waals surface area contributed by atoms with Crippen molar-refractivity contribution in [2.75, 3.05) is 13.1 Å². The molecule has 1 unspecified atom stereocenters. The Bertz CT molecular complexity index is 425. The molecule has 0 aromatic heterocycles. The van der Waals surface area contributed by atoms with Crippen molar-refractivity contribution in [3.63, 3.8) is 0 Å². The molecule has 1 aromatic rings. The van der Waals surface area contributed by atoms with Crippen molar-refractivity contribution in [3.8, 4) is 0 Å². The van der Waals surface area contributed by atoms with Gasteiger partial charge in [-0.25, -0.2) is 4.39 Å². The van der Waals surface area contributed by atoms with E-state index in [0.29, 0.717) is 22.6 Å². The second-order valence-electron chi connectivity index (χ2n) is 4.13. The zero-order chi connectivity index (χ0) is 12.3. The molecule has 0 spiro atoms. The minimum absolute atomic E-state index is 0. The zero-order valence-electron chi connectivity index (χ0n) is 9.71. The predicted molar refractivity (Wildman–Crippen MR) is 74.7 cm³/mol. The van der Waals surface area contributed by atoms with Crippen LogP contribution in [0.3, 0.4) is 0 Å². The van der Waals surface area contributed by atoms with Crippen LogP contribution in [0.4, 0.5) is 4.39 Å². The van der Waals surface area contributed by atoms with Crippen molar-refractivity contribution in [1.82, 2.24) is 10.6 Å². The summed E-state index contributed by atoms with van der Waals surface area (Å²) >= 11 is 3.18. The van der Waals surface area contributed by atoms with E-state index in [4.69, 9.17) is 0 Å². The van der Waals surface area contributed by atoms with Gasteiger partial charge in [-0.2, -0.15) is 0 Å². The lowest BCUT2D eigenvalue weighted by molar-refractivity contribution is 0.0949. The maximum absolute atomic E-state index is 12.9. The van der Waals surface area contributed by atoms with Crippen LogP contribution in [0.1, 0.15) is 23.2 Å². The first-order chi connectivity index (χ1) is 8.16. The molecule has 1 atom stereocenters. The van der Waals surface area contributed by atoms with Gasteiger partial charge in [0.1, 0.15) is 5.82 Å². The monoisotopic (exact) mass is 336 g/mol. The van der Waals surface area contributed by atoms with E-state index < -0.39 is 0 Å². The average Bonchev–Trinajstić information content (AvgIpc) is 2.78. The van der Waals surface area contributed by atoms with Crippen LogP contribution in [0.15, 0.2) is 22.7 Å². The lowest BCUT2D eigenvalue weighted by atomic mass is 10.2. The summed E-state index contributed by atoms with van der Waals surface area (Å²) < 4.78 is 13.4.